The van der Waals surface area contributed by atoms with E-state index >= 15 is 0 Å². The number of hydrogen-bond donors (Lipinski definition) is 2. The molecular weight excluding hydrogens is 240 g/mol. The number of fused-ring (bicyclic) bond motifs is 1. The van der Waals surface area contributed by atoms with Crippen molar-refractivity contribution in [1.29, 1.82) is 0 Å². The van der Waals surface area contributed by atoms with Gasteiger partial charge in [0.2, 0.25) is 0 Å². The summed E-state index contributed by atoms with van der Waals surface area (Å²) < 4.78 is 0. The van der Waals surface area contributed by atoms with Crippen LogP contribution in [0.25, 0.3) is 0 Å². The number of aliphatic carboxylic acids is 1. The van der Waals surface area contributed by atoms with Crippen LogP contribution in [0.4, 0.5) is 5.69 Å². The third-order valence-electron chi connectivity index (χ3n) is 3.61. The van der Waals surface area contributed by atoms with Crippen LogP contribution in [0.5, 0.6) is 0 Å². The van der Waals surface area contributed by atoms with E-state index in [2.05, 4.69) is 28.4 Å². The van der Waals surface area contributed by atoms with Crippen LogP contribution in [0.15, 0.2) is 24.3 Å². The first kappa shape index (κ1) is 13.9. The number of rotatable bonds is 5. The Morgan fingerprint density at radius 2 is 2.21 bits per heavy atom. The van der Waals surface area contributed by atoms with Crippen molar-refractivity contribution >= 4 is 11.7 Å². The minimum absolute atomic E-state index is 0.504. The summed E-state index contributed by atoms with van der Waals surface area (Å²) in [5.74, 6) is -0.774. The highest BCUT2D eigenvalue weighted by atomic mass is 16.4. The summed E-state index contributed by atoms with van der Waals surface area (Å²) in [7, 11) is 0. The third kappa shape index (κ3) is 3.47. The van der Waals surface area contributed by atoms with E-state index in [1.54, 1.807) is 0 Å². The summed E-state index contributed by atoms with van der Waals surface area (Å²) in [4.78, 5) is 13.5. The predicted octanol–water partition coefficient (Wildman–Crippen LogP) is 1.89. The largest absolute Gasteiger partial charge is 0.480 e. The van der Waals surface area contributed by atoms with Gasteiger partial charge in [0.05, 0.1) is 0 Å². The van der Waals surface area contributed by atoms with Gasteiger partial charge in [-0.05, 0) is 37.4 Å². The maximum atomic E-state index is 11.3. The maximum absolute atomic E-state index is 11.3. The second kappa shape index (κ2) is 6.57. The minimum atomic E-state index is -0.774. The number of anilines is 1. The van der Waals surface area contributed by atoms with Gasteiger partial charge in [0, 0.05) is 18.8 Å². The molecule has 0 bridgehead atoms. The lowest BCUT2D eigenvalue weighted by Crippen LogP contribution is -2.46. The lowest BCUT2D eigenvalue weighted by atomic mass is 10.1. The Kier molecular flexibility index (Phi) is 4.80. The van der Waals surface area contributed by atoms with E-state index in [1.807, 2.05) is 13.0 Å². The first-order valence-electron chi connectivity index (χ1n) is 7.01. The first-order chi connectivity index (χ1) is 9.22. The molecule has 4 heteroatoms. The number of nitrogens with one attached hydrogen (secondary N) is 1. The van der Waals surface area contributed by atoms with Gasteiger partial charge in [-0.15, -0.1) is 0 Å². The number of carboxylic acids is 1. The molecule has 0 radical (unpaired) electrons. The molecule has 0 amide bonds. The summed E-state index contributed by atoms with van der Waals surface area (Å²) >= 11 is 0. The number of hydrogen-bond acceptors (Lipinski definition) is 3. The lowest BCUT2D eigenvalue weighted by Gasteiger charge is -2.28. The fourth-order valence-electron chi connectivity index (χ4n) is 2.66. The molecule has 0 fully saturated rings. The van der Waals surface area contributed by atoms with Gasteiger partial charge in [0.15, 0.2) is 0 Å². The topological polar surface area (TPSA) is 52.6 Å². The zero-order valence-electron chi connectivity index (χ0n) is 11.4. The maximum Gasteiger partial charge on any atom is 0.322 e. The molecule has 1 aliphatic heterocycles. The van der Waals surface area contributed by atoms with Gasteiger partial charge in [-0.1, -0.05) is 25.1 Å². The van der Waals surface area contributed by atoms with E-state index in [0.717, 1.165) is 19.4 Å². The Morgan fingerprint density at radius 1 is 1.42 bits per heavy atom. The molecule has 1 aliphatic rings. The molecule has 4 nitrogen and oxygen atoms in total. The molecule has 2 rings (SSSR count). The van der Waals surface area contributed by atoms with Crippen molar-refractivity contribution in [2.75, 3.05) is 24.5 Å². The Hall–Kier alpha value is -1.55. The Morgan fingerprint density at radius 3 is 2.95 bits per heavy atom. The van der Waals surface area contributed by atoms with Crippen LogP contribution >= 0.6 is 0 Å². The average molecular weight is 262 g/mol. The molecule has 104 valence electrons. The van der Waals surface area contributed by atoms with E-state index in [-0.39, 0.29) is 0 Å². The fourth-order valence-corrected chi connectivity index (χ4v) is 2.66. The number of likely N-dealkylation sites (N-methyl/N-ethyl adjacent to an activating group) is 1. The molecule has 0 spiro atoms. The summed E-state index contributed by atoms with van der Waals surface area (Å²) in [5.41, 5.74) is 2.53. The van der Waals surface area contributed by atoms with Crippen LogP contribution < -0.4 is 10.2 Å². The van der Waals surface area contributed by atoms with Crippen LogP contribution in [-0.2, 0) is 11.2 Å². The van der Waals surface area contributed by atoms with Crippen LogP contribution in [-0.4, -0.2) is 36.8 Å². The molecule has 1 unspecified atom stereocenters. The quantitative estimate of drug-likeness (QED) is 0.851. The highest BCUT2D eigenvalue weighted by Crippen LogP contribution is 2.26. The smallest absolute Gasteiger partial charge is 0.322 e. The van der Waals surface area contributed by atoms with E-state index in [1.165, 1.54) is 17.7 Å². The molecule has 1 heterocycles. The van der Waals surface area contributed by atoms with Gasteiger partial charge in [-0.2, -0.15) is 0 Å². The van der Waals surface area contributed by atoms with Crippen molar-refractivity contribution in [2.45, 2.75) is 32.2 Å². The van der Waals surface area contributed by atoms with Gasteiger partial charge >= 0.3 is 5.97 Å². The minimum Gasteiger partial charge on any atom is -0.480 e. The molecule has 2 N–H and O–H groups in total. The van der Waals surface area contributed by atoms with E-state index < -0.39 is 12.0 Å². The highest BCUT2D eigenvalue weighted by molar-refractivity contribution is 5.74. The average Bonchev–Trinajstić information content (AvgIpc) is 2.61. The molecule has 0 aromatic heterocycles. The lowest BCUT2D eigenvalue weighted by molar-refractivity contribution is -0.139. The van der Waals surface area contributed by atoms with E-state index in [4.69, 9.17) is 0 Å². The van der Waals surface area contributed by atoms with Crippen LogP contribution in [0.1, 0.15) is 25.3 Å². The van der Waals surface area contributed by atoms with Gasteiger partial charge < -0.3 is 15.3 Å². The van der Waals surface area contributed by atoms with Gasteiger partial charge in [-0.25, -0.2) is 0 Å². The molecule has 19 heavy (non-hydrogen) atoms. The zero-order valence-corrected chi connectivity index (χ0v) is 11.4. The fraction of sp³-hybridized carbons (Fsp3) is 0.533. The Balaban J connectivity index is 2.17. The SMILES string of the molecule is CCNC(CN1CCCCc2ccccc21)C(=O)O. The number of aryl methyl sites for hydroxylation is 1. The molecule has 1 aromatic rings. The van der Waals surface area contributed by atoms with Crippen molar-refractivity contribution in [3.05, 3.63) is 29.8 Å². The van der Waals surface area contributed by atoms with Crippen molar-refractivity contribution in [2.24, 2.45) is 0 Å². The second-order valence-corrected chi connectivity index (χ2v) is 4.98. The monoisotopic (exact) mass is 262 g/mol. The van der Waals surface area contributed by atoms with E-state index in [9.17, 15) is 9.90 Å². The summed E-state index contributed by atoms with van der Waals surface area (Å²) in [5, 5.41) is 12.3. The molecule has 0 aliphatic carbocycles. The summed E-state index contributed by atoms with van der Waals surface area (Å²) in [6.07, 6.45) is 3.38. The predicted molar refractivity (Wildman–Crippen MR) is 76.7 cm³/mol. The number of carbonyl (C=O) groups is 1. The highest BCUT2D eigenvalue weighted by Gasteiger charge is 2.22. The summed E-state index contributed by atoms with van der Waals surface area (Å²) in [6, 6.07) is 7.83. The first-order valence-corrected chi connectivity index (χ1v) is 7.01. The molecule has 1 atom stereocenters. The van der Waals surface area contributed by atoms with Crippen molar-refractivity contribution in [1.82, 2.24) is 5.32 Å². The second-order valence-electron chi connectivity index (χ2n) is 4.98. The normalized spacial score (nSPS) is 16.6. The van der Waals surface area contributed by atoms with Gasteiger partial charge in [-0.3, -0.25) is 4.79 Å². The van der Waals surface area contributed by atoms with Gasteiger partial charge in [0.25, 0.3) is 0 Å². The standard InChI is InChI=1S/C15H22N2O2/c1-2-16-13(15(18)19)11-17-10-6-5-8-12-7-3-4-9-14(12)17/h3-4,7,9,13,16H,2,5-6,8,10-11H2,1H3,(H,18,19). The van der Waals surface area contributed by atoms with Crippen molar-refractivity contribution < 1.29 is 9.90 Å². The number of nitrogens with zero attached hydrogens (tertiary/aromatic N) is 1. The molecule has 1 aromatic carbocycles. The number of benzene rings is 1. The van der Waals surface area contributed by atoms with Gasteiger partial charge in [0.1, 0.15) is 6.04 Å². The van der Waals surface area contributed by atoms with Crippen LogP contribution in [0.3, 0.4) is 0 Å². The molecule has 0 saturated heterocycles. The Labute approximate surface area is 114 Å². The van der Waals surface area contributed by atoms with E-state index in [0.29, 0.717) is 13.1 Å². The number of carboxylic acid groups (broad SMARTS) is 1. The number of para-hydroxylation sites is 1. The zero-order chi connectivity index (χ0) is 13.7. The molecule has 0 saturated carbocycles. The van der Waals surface area contributed by atoms with Crippen LogP contribution in [0, 0.1) is 0 Å². The molecular formula is C15H22N2O2. The third-order valence-corrected chi connectivity index (χ3v) is 3.61. The van der Waals surface area contributed by atoms with Crippen molar-refractivity contribution in [3.8, 4) is 0 Å². The summed E-state index contributed by atoms with van der Waals surface area (Å²) in [6.45, 7) is 4.07. The van der Waals surface area contributed by atoms with Crippen LogP contribution in [0.2, 0.25) is 0 Å². The Bertz CT molecular complexity index is 434. The van der Waals surface area contributed by atoms with Crippen molar-refractivity contribution in [3.63, 3.8) is 0 Å².